The number of hydrogen-bond donors (Lipinski definition) is 2. The molecule has 1 aliphatic heterocycles. The Morgan fingerprint density at radius 1 is 1.20 bits per heavy atom. The number of nitrogens with one attached hydrogen (secondary N) is 1. The monoisotopic (exact) mass is 140 g/mol. The van der Waals surface area contributed by atoms with Gasteiger partial charge in [-0.15, -0.1) is 0 Å². The second-order valence-electron chi connectivity index (χ2n) is 3.66. The molecule has 2 atom stereocenters. The van der Waals surface area contributed by atoms with Gasteiger partial charge in [0.15, 0.2) is 0 Å². The highest BCUT2D eigenvalue weighted by Crippen LogP contribution is 2.39. The van der Waals surface area contributed by atoms with Crippen molar-refractivity contribution in [1.29, 1.82) is 0 Å². The summed E-state index contributed by atoms with van der Waals surface area (Å²) in [5, 5.41) is 3.41. The SMILES string of the molecule is N[C@H]1CCNC[C@@H]1C1CC1. The van der Waals surface area contributed by atoms with Crippen LogP contribution in [0.5, 0.6) is 0 Å². The molecular weight excluding hydrogens is 124 g/mol. The summed E-state index contributed by atoms with van der Waals surface area (Å²) < 4.78 is 0. The highest BCUT2D eigenvalue weighted by molar-refractivity contribution is 4.91. The lowest BCUT2D eigenvalue weighted by Gasteiger charge is -2.29. The van der Waals surface area contributed by atoms with Crippen molar-refractivity contribution in [2.24, 2.45) is 17.6 Å². The van der Waals surface area contributed by atoms with Crippen LogP contribution in [-0.4, -0.2) is 19.1 Å². The smallest absolute Gasteiger partial charge is 0.00940 e. The lowest BCUT2D eigenvalue weighted by molar-refractivity contribution is 0.294. The van der Waals surface area contributed by atoms with Crippen LogP contribution < -0.4 is 11.1 Å². The van der Waals surface area contributed by atoms with E-state index < -0.39 is 0 Å². The molecule has 1 aliphatic carbocycles. The van der Waals surface area contributed by atoms with Crippen LogP contribution >= 0.6 is 0 Å². The van der Waals surface area contributed by atoms with Gasteiger partial charge in [-0.2, -0.15) is 0 Å². The molecule has 2 fully saturated rings. The van der Waals surface area contributed by atoms with E-state index >= 15 is 0 Å². The van der Waals surface area contributed by atoms with Crippen molar-refractivity contribution in [3.8, 4) is 0 Å². The molecule has 58 valence electrons. The molecule has 1 saturated carbocycles. The third-order valence-electron chi connectivity index (χ3n) is 2.81. The molecule has 0 bridgehead atoms. The lowest BCUT2D eigenvalue weighted by atomic mass is 9.90. The molecule has 0 aromatic heterocycles. The van der Waals surface area contributed by atoms with E-state index in [1.165, 1.54) is 25.8 Å². The van der Waals surface area contributed by atoms with Gasteiger partial charge in [0.2, 0.25) is 0 Å². The largest absolute Gasteiger partial charge is 0.327 e. The Balaban J connectivity index is 1.90. The molecule has 0 unspecified atom stereocenters. The van der Waals surface area contributed by atoms with Crippen LogP contribution in [-0.2, 0) is 0 Å². The molecule has 0 radical (unpaired) electrons. The molecule has 10 heavy (non-hydrogen) atoms. The van der Waals surface area contributed by atoms with Crippen LogP contribution in [0.2, 0.25) is 0 Å². The summed E-state index contributed by atoms with van der Waals surface area (Å²) in [6.45, 7) is 2.30. The maximum Gasteiger partial charge on any atom is 0.00940 e. The summed E-state index contributed by atoms with van der Waals surface area (Å²) in [4.78, 5) is 0. The van der Waals surface area contributed by atoms with E-state index in [9.17, 15) is 0 Å². The molecule has 0 aromatic rings. The van der Waals surface area contributed by atoms with Gasteiger partial charge < -0.3 is 11.1 Å². The zero-order chi connectivity index (χ0) is 6.97. The normalized spacial score (nSPS) is 41.7. The first kappa shape index (κ1) is 6.62. The lowest BCUT2D eigenvalue weighted by Crippen LogP contribution is -2.45. The van der Waals surface area contributed by atoms with E-state index in [0.29, 0.717) is 6.04 Å². The Hall–Kier alpha value is -0.0800. The molecule has 2 rings (SSSR count). The van der Waals surface area contributed by atoms with Crippen molar-refractivity contribution in [3.05, 3.63) is 0 Å². The molecule has 2 nitrogen and oxygen atoms in total. The predicted molar refractivity (Wildman–Crippen MR) is 41.7 cm³/mol. The average molecular weight is 140 g/mol. The van der Waals surface area contributed by atoms with E-state index in [0.717, 1.165) is 18.4 Å². The first-order valence-electron chi connectivity index (χ1n) is 4.34. The fourth-order valence-electron chi connectivity index (χ4n) is 1.94. The zero-order valence-electron chi connectivity index (χ0n) is 6.34. The van der Waals surface area contributed by atoms with E-state index in [1.54, 1.807) is 0 Å². The van der Waals surface area contributed by atoms with E-state index in [1.807, 2.05) is 0 Å². The molecule has 0 amide bonds. The maximum absolute atomic E-state index is 5.98. The molecule has 1 heterocycles. The summed E-state index contributed by atoms with van der Waals surface area (Å²) >= 11 is 0. The maximum atomic E-state index is 5.98. The van der Waals surface area contributed by atoms with Crippen molar-refractivity contribution in [3.63, 3.8) is 0 Å². The Morgan fingerprint density at radius 2 is 2.00 bits per heavy atom. The first-order chi connectivity index (χ1) is 4.88. The summed E-state index contributed by atoms with van der Waals surface area (Å²) in [5.41, 5.74) is 5.98. The minimum absolute atomic E-state index is 0.494. The van der Waals surface area contributed by atoms with Gasteiger partial charge in [0.1, 0.15) is 0 Å². The fourth-order valence-corrected chi connectivity index (χ4v) is 1.94. The van der Waals surface area contributed by atoms with Crippen molar-refractivity contribution in [2.75, 3.05) is 13.1 Å². The first-order valence-corrected chi connectivity index (χ1v) is 4.34. The Bertz CT molecular complexity index is 120. The van der Waals surface area contributed by atoms with Crippen LogP contribution in [0.25, 0.3) is 0 Å². The number of rotatable bonds is 1. The number of hydrogen-bond acceptors (Lipinski definition) is 2. The molecule has 0 spiro atoms. The fraction of sp³-hybridized carbons (Fsp3) is 1.00. The third kappa shape index (κ3) is 1.18. The van der Waals surface area contributed by atoms with Crippen molar-refractivity contribution >= 4 is 0 Å². The van der Waals surface area contributed by atoms with Gasteiger partial charge in [-0.3, -0.25) is 0 Å². The van der Waals surface area contributed by atoms with Crippen molar-refractivity contribution in [1.82, 2.24) is 5.32 Å². The van der Waals surface area contributed by atoms with Crippen LogP contribution in [0.1, 0.15) is 19.3 Å². The van der Waals surface area contributed by atoms with Crippen LogP contribution in [0, 0.1) is 11.8 Å². The topological polar surface area (TPSA) is 38.0 Å². The molecule has 0 aromatic carbocycles. The van der Waals surface area contributed by atoms with E-state index in [-0.39, 0.29) is 0 Å². The molecule has 2 aliphatic rings. The van der Waals surface area contributed by atoms with Gasteiger partial charge in [0.25, 0.3) is 0 Å². The molecular formula is C8H16N2. The van der Waals surface area contributed by atoms with Gasteiger partial charge in [-0.1, -0.05) is 0 Å². The van der Waals surface area contributed by atoms with Gasteiger partial charge in [-0.05, 0) is 44.2 Å². The number of piperidine rings is 1. The van der Waals surface area contributed by atoms with Crippen LogP contribution in [0.3, 0.4) is 0 Å². The predicted octanol–water partition coefficient (Wildman–Crippen LogP) is 0.333. The standard InChI is InChI=1S/C8H16N2/c9-8-3-4-10-5-7(8)6-1-2-6/h6-8,10H,1-5,9H2/t7-,8+/m1/s1. The quantitative estimate of drug-likeness (QED) is 0.551. The van der Waals surface area contributed by atoms with Crippen molar-refractivity contribution < 1.29 is 0 Å². The second-order valence-corrected chi connectivity index (χ2v) is 3.66. The molecule has 1 saturated heterocycles. The number of nitrogens with two attached hydrogens (primary N) is 1. The average Bonchev–Trinajstić information content (AvgIpc) is 2.71. The highest BCUT2D eigenvalue weighted by atomic mass is 14.9. The Morgan fingerprint density at radius 3 is 2.60 bits per heavy atom. The van der Waals surface area contributed by atoms with E-state index in [4.69, 9.17) is 5.73 Å². The second kappa shape index (κ2) is 2.51. The van der Waals surface area contributed by atoms with Gasteiger partial charge in [-0.25, -0.2) is 0 Å². The molecule has 2 heteroatoms. The minimum Gasteiger partial charge on any atom is -0.327 e. The van der Waals surface area contributed by atoms with E-state index in [2.05, 4.69) is 5.32 Å². The minimum atomic E-state index is 0.494. The summed E-state index contributed by atoms with van der Waals surface area (Å²) in [6.07, 6.45) is 4.04. The Kier molecular flexibility index (Phi) is 1.66. The van der Waals surface area contributed by atoms with Crippen LogP contribution in [0.15, 0.2) is 0 Å². The Labute approximate surface area is 62.2 Å². The highest BCUT2D eigenvalue weighted by Gasteiger charge is 2.35. The van der Waals surface area contributed by atoms with Crippen molar-refractivity contribution in [2.45, 2.75) is 25.3 Å². The summed E-state index contributed by atoms with van der Waals surface area (Å²) in [5.74, 6) is 1.77. The third-order valence-corrected chi connectivity index (χ3v) is 2.81. The summed E-state index contributed by atoms with van der Waals surface area (Å²) in [7, 11) is 0. The van der Waals surface area contributed by atoms with Crippen LogP contribution in [0.4, 0.5) is 0 Å². The molecule has 3 N–H and O–H groups in total. The zero-order valence-corrected chi connectivity index (χ0v) is 6.34. The van der Waals surface area contributed by atoms with Gasteiger partial charge in [0.05, 0.1) is 0 Å². The summed E-state index contributed by atoms with van der Waals surface area (Å²) in [6, 6.07) is 0.494. The van der Waals surface area contributed by atoms with Gasteiger partial charge in [0, 0.05) is 6.04 Å². The van der Waals surface area contributed by atoms with Gasteiger partial charge >= 0.3 is 0 Å².